The number of tetrazole rings is 1. The van der Waals surface area contributed by atoms with E-state index in [0.29, 0.717) is 19.5 Å². The van der Waals surface area contributed by atoms with Crippen molar-refractivity contribution in [2.45, 2.75) is 243 Å². The predicted octanol–water partition coefficient (Wildman–Crippen LogP) is 6.20. The van der Waals surface area contributed by atoms with Crippen LogP contribution in [-0.2, 0) is 25.5 Å². The summed E-state index contributed by atoms with van der Waals surface area (Å²) < 4.78 is 19.4. The zero-order chi connectivity index (χ0) is 44.5. The number of aromatic nitrogens is 4. The van der Waals surface area contributed by atoms with E-state index in [1.807, 2.05) is 20.8 Å². The Morgan fingerprint density at radius 2 is 1.34 bits per heavy atom. The number of hydrogen-bond donors (Lipinski definition) is 5. The number of aliphatic hydroxyl groups excluding tert-OH is 5. The van der Waals surface area contributed by atoms with Gasteiger partial charge in [-0.25, -0.2) is 4.79 Å². The molecule has 0 aromatic carbocycles. The molecule has 15 heteroatoms. The quantitative estimate of drug-likeness (QED) is 0.0395. The van der Waals surface area contributed by atoms with Crippen molar-refractivity contribution in [3.63, 3.8) is 0 Å². The molecule has 1 aromatic heterocycles. The number of nitrogens with zero attached hydrogens (tertiary/aromatic N) is 5. The van der Waals surface area contributed by atoms with E-state index in [2.05, 4.69) is 22.3 Å². The third kappa shape index (κ3) is 21.5. The van der Waals surface area contributed by atoms with Crippen LogP contribution in [0.15, 0.2) is 4.79 Å². The standard InChI is InChI=1S/C46H87N5O10/c1-5-6-7-8-9-10-11-12-13-17-20-23-26-38(53)32-37(35-59-44-43(57)42(56)41(55)39(34-52)60-44)51-45(58)50(47-48-51)29-24-21-18-15-14-16-19-22-25-36-27-30-49(31-28-36)33-40(54)61-46(2,3)4/h36-39,41-44,52-53,55-57H,5-35H2,1-4H3/t37-,38-,39?,41?,42?,43?,44?/m1/s1. The van der Waals surface area contributed by atoms with E-state index >= 15 is 0 Å². The molecule has 0 spiro atoms. The highest BCUT2D eigenvalue weighted by atomic mass is 16.7. The van der Waals surface area contributed by atoms with Gasteiger partial charge in [-0.15, -0.1) is 0 Å². The van der Waals surface area contributed by atoms with Crippen molar-refractivity contribution in [1.82, 2.24) is 24.7 Å². The normalized spacial score (nSPS) is 22.7. The van der Waals surface area contributed by atoms with E-state index < -0.39 is 60.7 Å². The highest BCUT2D eigenvalue weighted by Crippen LogP contribution is 2.26. The molecule has 5 unspecified atom stereocenters. The number of carbonyl (C=O) groups excluding carboxylic acids is 1. The lowest BCUT2D eigenvalue weighted by Crippen LogP contribution is -2.59. The fourth-order valence-corrected chi connectivity index (χ4v) is 8.70. The molecule has 0 bridgehead atoms. The Balaban J connectivity index is 1.35. The molecule has 2 aliphatic heterocycles. The number of likely N-dealkylation sites (tertiary alicyclic amines) is 1. The number of aliphatic hydroxyl groups is 5. The first-order valence-electron chi connectivity index (χ1n) is 24.4. The van der Waals surface area contributed by atoms with Crippen molar-refractivity contribution in [2.24, 2.45) is 5.92 Å². The molecule has 0 radical (unpaired) electrons. The molecule has 0 saturated carbocycles. The molecule has 7 atom stereocenters. The van der Waals surface area contributed by atoms with Gasteiger partial charge in [-0.3, -0.25) is 9.69 Å². The van der Waals surface area contributed by atoms with E-state index in [4.69, 9.17) is 14.2 Å². The van der Waals surface area contributed by atoms with Crippen molar-refractivity contribution in [3.05, 3.63) is 10.5 Å². The highest BCUT2D eigenvalue weighted by molar-refractivity contribution is 5.72. The fraction of sp³-hybridized carbons (Fsp3) is 0.957. The third-order valence-corrected chi connectivity index (χ3v) is 12.5. The summed E-state index contributed by atoms with van der Waals surface area (Å²) in [6.07, 6.45) is 20.0. The van der Waals surface area contributed by atoms with Crippen LogP contribution in [0.25, 0.3) is 0 Å². The molecule has 0 amide bonds. The number of piperidine rings is 1. The first-order chi connectivity index (χ1) is 29.3. The number of aryl methyl sites for hydroxylation is 1. The average molecular weight is 870 g/mol. The Morgan fingerprint density at radius 3 is 1.92 bits per heavy atom. The number of esters is 1. The summed E-state index contributed by atoms with van der Waals surface area (Å²) in [5.74, 6) is 0.611. The Hall–Kier alpha value is -1.98. The van der Waals surface area contributed by atoms with Gasteiger partial charge in [-0.05, 0) is 82.3 Å². The van der Waals surface area contributed by atoms with E-state index in [9.17, 15) is 35.1 Å². The van der Waals surface area contributed by atoms with Crippen molar-refractivity contribution in [1.29, 1.82) is 0 Å². The van der Waals surface area contributed by atoms with E-state index in [0.717, 1.165) is 76.8 Å². The lowest BCUT2D eigenvalue weighted by molar-refractivity contribution is -0.303. The second-order valence-corrected chi connectivity index (χ2v) is 19.1. The minimum Gasteiger partial charge on any atom is -0.459 e. The molecule has 3 heterocycles. The van der Waals surface area contributed by atoms with E-state index in [1.165, 1.54) is 99.3 Å². The molecule has 61 heavy (non-hydrogen) atoms. The Labute approximate surface area is 366 Å². The van der Waals surface area contributed by atoms with E-state index in [-0.39, 0.29) is 19.0 Å². The lowest BCUT2D eigenvalue weighted by atomic mass is 9.91. The molecule has 15 nitrogen and oxygen atoms in total. The van der Waals surface area contributed by atoms with Crippen LogP contribution in [0.3, 0.4) is 0 Å². The first-order valence-corrected chi connectivity index (χ1v) is 24.4. The largest absolute Gasteiger partial charge is 0.459 e. The Morgan fingerprint density at radius 1 is 0.787 bits per heavy atom. The second kappa shape index (κ2) is 30.2. The topological polar surface area (TPSA) is 202 Å². The van der Waals surface area contributed by atoms with Crippen LogP contribution in [-0.4, -0.2) is 131 Å². The maximum atomic E-state index is 13.5. The molecule has 2 saturated heterocycles. The van der Waals surface area contributed by atoms with Gasteiger partial charge in [0.05, 0.1) is 31.9 Å². The monoisotopic (exact) mass is 870 g/mol. The van der Waals surface area contributed by atoms with Crippen LogP contribution >= 0.6 is 0 Å². The molecule has 356 valence electrons. The SMILES string of the molecule is CCCCCCCCCCCCCC[C@@H](O)C[C@H](COC1OC(CO)C(O)C(O)C1O)n1nnn(CCCCCCCCCCC2CCN(CC(=O)OC(C)(C)C)CC2)c1=O. The van der Waals surface area contributed by atoms with Gasteiger partial charge in [0.25, 0.3) is 0 Å². The van der Waals surface area contributed by atoms with Crippen LogP contribution in [0.1, 0.15) is 194 Å². The molecular weight excluding hydrogens is 783 g/mol. The smallest absolute Gasteiger partial charge is 0.364 e. The van der Waals surface area contributed by atoms with Crippen molar-refractivity contribution in [3.8, 4) is 0 Å². The molecule has 3 rings (SSSR count). The zero-order valence-corrected chi connectivity index (χ0v) is 38.6. The Bertz CT molecular complexity index is 1330. The number of hydrogen-bond acceptors (Lipinski definition) is 13. The maximum Gasteiger partial charge on any atom is 0.364 e. The van der Waals surface area contributed by atoms with Gasteiger partial charge in [0.15, 0.2) is 6.29 Å². The molecule has 1 aromatic rings. The first kappa shape index (κ1) is 53.4. The van der Waals surface area contributed by atoms with Crippen molar-refractivity contribution < 1.29 is 44.5 Å². The van der Waals surface area contributed by atoms with Gasteiger partial charge in [0, 0.05) is 6.54 Å². The minimum absolute atomic E-state index is 0.135. The van der Waals surface area contributed by atoms with Crippen LogP contribution in [0.5, 0.6) is 0 Å². The van der Waals surface area contributed by atoms with Crippen LogP contribution in [0, 0.1) is 5.92 Å². The van der Waals surface area contributed by atoms with Gasteiger partial charge in [0.2, 0.25) is 0 Å². The van der Waals surface area contributed by atoms with Crippen molar-refractivity contribution in [2.75, 3.05) is 32.8 Å². The summed E-state index contributed by atoms with van der Waals surface area (Å²) in [7, 11) is 0. The van der Waals surface area contributed by atoms with Gasteiger partial charge >= 0.3 is 11.7 Å². The minimum atomic E-state index is -1.59. The number of unbranched alkanes of at least 4 members (excludes halogenated alkanes) is 18. The summed E-state index contributed by atoms with van der Waals surface area (Å²) >= 11 is 0. The summed E-state index contributed by atoms with van der Waals surface area (Å²) in [6, 6.07) is -0.724. The average Bonchev–Trinajstić information content (AvgIpc) is 3.59. The molecule has 2 aliphatic rings. The zero-order valence-electron chi connectivity index (χ0n) is 38.6. The van der Waals surface area contributed by atoms with Crippen LogP contribution in [0.4, 0.5) is 0 Å². The maximum absolute atomic E-state index is 13.5. The summed E-state index contributed by atoms with van der Waals surface area (Å²) in [4.78, 5) is 27.9. The summed E-state index contributed by atoms with van der Waals surface area (Å²) in [6.45, 7) is 9.95. The van der Waals surface area contributed by atoms with Crippen LogP contribution < -0.4 is 5.69 Å². The molecule has 0 aliphatic carbocycles. The van der Waals surface area contributed by atoms with Crippen LogP contribution in [0.2, 0.25) is 0 Å². The summed E-state index contributed by atoms with van der Waals surface area (Å²) in [5.41, 5.74) is -0.847. The van der Waals surface area contributed by atoms with Gasteiger partial charge < -0.3 is 39.7 Å². The van der Waals surface area contributed by atoms with Crippen molar-refractivity contribution >= 4 is 5.97 Å². The van der Waals surface area contributed by atoms with Gasteiger partial charge in [0.1, 0.15) is 30.0 Å². The fourth-order valence-electron chi connectivity index (χ4n) is 8.70. The Kier molecular flexibility index (Phi) is 26.4. The highest BCUT2D eigenvalue weighted by Gasteiger charge is 2.44. The number of ether oxygens (including phenoxy) is 3. The number of carbonyl (C=O) groups is 1. The summed E-state index contributed by atoms with van der Waals surface area (Å²) in [5, 5.41) is 60.0. The molecular formula is C46H87N5O10. The predicted molar refractivity (Wildman–Crippen MR) is 236 cm³/mol. The molecule has 2 fully saturated rings. The lowest BCUT2D eigenvalue weighted by Gasteiger charge is -2.40. The second-order valence-electron chi connectivity index (χ2n) is 19.1. The third-order valence-electron chi connectivity index (χ3n) is 12.5. The van der Waals surface area contributed by atoms with Gasteiger partial charge in [-0.1, -0.05) is 135 Å². The molecule has 5 N–H and O–H groups in total. The van der Waals surface area contributed by atoms with E-state index in [1.54, 1.807) is 0 Å². The number of rotatable bonds is 33. The van der Waals surface area contributed by atoms with Gasteiger partial charge in [-0.2, -0.15) is 9.36 Å².